The second kappa shape index (κ2) is 6.28. The summed E-state index contributed by atoms with van der Waals surface area (Å²) in [4.78, 5) is 11.0. The smallest absolute Gasteiger partial charge is 0.303 e. The lowest BCUT2D eigenvalue weighted by atomic mass is 10.1. The molecule has 1 unspecified atom stereocenters. The molecule has 0 fully saturated rings. The normalized spacial score (nSPS) is 12.4. The lowest BCUT2D eigenvalue weighted by molar-refractivity contribution is -0.137. The van der Waals surface area contributed by atoms with E-state index in [4.69, 9.17) is 14.6 Å². The molecule has 114 valence electrons. The molecule has 21 heavy (non-hydrogen) atoms. The van der Waals surface area contributed by atoms with Crippen LogP contribution in [0, 0.1) is 5.82 Å². The first-order valence-electron chi connectivity index (χ1n) is 6.21. The van der Waals surface area contributed by atoms with Gasteiger partial charge in [0.15, 0.2) is 17.3 Å². The second-order valence-electron chi connectivity index (χ2n) is 4.43. The number of carboxylic acids is 1. The van der Waals surface area contributed by atoms with E-state index in [1.54, 1.807) is 6.07 Å². The molecule has 0 bridgehead atoms. The van der Waals surface area contributed by atoms with Gasteiger partial charge in [0.25, 0.3) is 0 Å². The summed E-state index contributed by atoms with van der Waals surface area (Å²) >= 11 is 1.20. The van der Waals surface area contributed by atoms with Gasteiger partial charge in [-0.15, -0.1) is 11.3 Å². The number of benzene rings is 1. The average Bonchev–Trinajstić information content (AvgIpc) is 2.88. The minimum absolute atomic E-state index is 0.00868. The molecule has 0 amide bonds. The lowest BCUT2D eigenvalue weighted by Gasteiger charge is -2.08. The van der Waals surface area contributed by atoms with E-state index in [1.165, 1.54) is 31.6 Å². The molecule has 2 N–H and O–H groups in total. The number of aliphatic hydroxyl groups excluding tert-OH is 1. The molecule has 1 aromatic heterocycles. The molecule has 2 aromatic rings. The van der Waals surface area contributed by atoms with E-state index in [0.717, 1.165) is 0 Å². The molecule has 0 aliphatic heterocycles. The fourth-order valence-corrected chi connectivity index (χ4v) is 3.14. The van der Waals surface area contributed by atoms with Crippen molar-refractivity contribution in [1.82, 2.24) is 0 Å². The van der Waals surface area contributed by atoms with Crippen molar-refractivity contribution in [3.05, 3.63) is 22.8 Å². The molecule has 2 rings (SSSR count). The van der Waals surface area contributed by atoms with Crippen LogP contribution in [0.15, 0.2) is 12.1 Å². The molecule has 7 heteroatoms. The maximum atomic E-state index is 14.3. The summed E-state index contributed by atoms with van der Waals surface area (Å²) in [6, 6.07) is 3.15. The van der Waals surface area contributed by atoms with E-state index in [-0.39, 0.29) is 24.3 Å². The highest BCUT2D eigenvalue weighted by atomic mass is 32.1. The Balaban J connectivity index is 2.41. The van der Waals surface area contributed by atoms with Crippen molar-refractivity contribution in [1.29, 1.82) is 0 Å². The van der Waals surface area contributed by atoms with Crippen LogP contribution in [0.25, 0.3) is 10.1 Å². The Morgan fingerprint density at radius 1 is 1.38 bits per heavy atom. The van der Waals surface area contributed by atoms with Gasteiger partial charge in [-0.3, -0.25) is 4.79 Å². The van der Waals surface area contributed by atoms with Crippen LogP contribution in [0.3, 0.4) is 0 Å². The highest BCUT2D eigenvalue weighted by Gasteiger charge is 2.20. The van der Waals surface area contributed by atoms with Crippen LogP contribution in [0.1, 0.15) is 23.8 Å². The monoisotopic (exact) mass is 314 g/mol. The third-order valence-corrected chi connectivity index (χ3v) is 4.27. The largest absolute Gasteiger partial charge is 0.493 e. The van der Waals surface area contributed by atoms with Crippen molar-refractivity contribution in [2.24, 2.45) is 0 Å². The second-order valence-corrected chi connectivity index (χ2v) is 5.55. The van der Waals surface area contributed by atoms with E-state index in [0.29, 0.717) is 15.0 Å². The van der Waals surface area contributed by atoms with Crippen molar-refractivity contribution < 1.29 is 28.9 Å². The minimum Gasteiger partial charge on any atom is -0.493 e. The summed E-state index contributed by atoms with van der Waals surface area (Å²) in [6.07, 6.45) is -1.00. The summed E-state index contributed by atoms with van der Waals surface area (Å²) < 4.78 is 25.0. The molecule has 0 aliphatic carbocycles. The van der Waals surface area contributed by atoms with Gasteiger partial charge in [-0.05, 0) is 12.5 Å². The van der Waals surface area contributed by atoms with Crippen molar-refractivity contribution in [2.45, 2.75) is 18.9 Å². The highest BCUT2D eigenvalue weighted by Crippen LogP contribution is 2.41. The first-order chi connectivity index (χ1) is 9.97. The number of ether oxygens (including phenoxy) is 2. The molecule has 1 heterocycles. The Morgan fingerprint density at radius 2 is 2.10 bits per heavy atom. The Bertz CT molecular complexity index is 667. The molecule has 0 spiro atoms. The molecule has 0 aliphatic rings. The third kappa shape index (κ3) is 3.08. The van der Waals surface area contributed by atoms with Gasteiger partial charge in [0.2, 0.25) is 0 Å². The number of hydrogen-bond acceptors (Lipinski definition) is 5. The molecule has 0 saturated heterocycles. The predicted molar refractivity (Wildman–Crippen MR) is 76.7 cm³/mol. The van der Waals surface area contributed by atoms with Crippen LogP contribution in [-0.4, -0.2) is 30.4 Å². The first-order valence-corrected chi connectivity index (χ1v) is 7.03. The van der Waals surface area contributed by atoms with Crippen molar-refractivity contribution >= 4 is 27.4 Å². The molecule has 1 aromatic carbocycles. The van der Waals surface area contributed by atoms with Crippen molar-refractivity contribution in [3.63, 3.8) is 0 Å². The summed E-state index contributed by atoms with van der Waals surface area (Å²) in [5, 5.41) is 18.9. The zero-order chi connectivity index (χ0) is 15.6. The topological polar surface area (TPSA) is 76.0 Å². The fraction of sp³-hybridized carbons (Fsp3) is 0.357. The molecule has 5 nitrogen and oxygen atoms in total. The first kappa shape index (κ1) is 15.5. The standard InChI is InChI=1S/C14H15FO5S/c1-19-9-6-10-7(13(15)14(9)20-2)5-11(21-10)8(16)3-4-12(17)18/h5-6,8,16H,3-4H2,1-2H3,(H,17,18). The van der Waals surface area contributed by atoms with Crippen molar-refractivity contribution in [2.75, 3.05) is 14.2 Å². The fourth-order valence-electron chi connectivity index (χ4n) is 2.03. The third-order valence-electron chi connectivity index (χ3n) is 3.09. The number of aliphatic hydroxyl groups is 1. The zero-order valence-corrected chi connectivity index (χ0v) is 12.4. The molecule has 1 atom stereocenters. The summed E-state index contributed by atoms with van der Waals surface area (Å²) in [5.74, 6) is -1.25. The van der Waals surface area contributed by atoms with Crippen LogP contribution in [0.4, 0.5) is 4.39 Å². The van der Waals surface area contributed by atoms with E-state index in [2.05, 4.69) is 0 Å². The summed E-state index contributed by atoms with van der Waals surface area (Å²) in [5.41, 5.74) is 0. The Kier molecular flexibility index (Phi) is 4.64. The van der Waals surface area contributed by atoms with Crippen LogP contribution in [0.2, 0.25) is 0 Å². The van der Waals surface area contributed by atoms with E-state index in [1.807, 2.05) is 0 Å². The quantitative estimate of drug-likeness (QED) is 0.857. The number of thiophene rings is 1. The number of fused-ring (bicyclic) bond motifs is 1. The van der Waals surface area contributed by atoms with E-state index < -0.39 is 17.9 Å². The van der Waals surface area contributed by atoms with Crippen molar-refractivity contribution in [3.8, 4) is 11.5 Å². The SMILES string of the molecule is COc1cc2sc(C(O)CCC(=O)O)cc2c(F)c1OC. The molecular weight excluding hydrogens is 299 g/mol. The highest BCUT2D eigenvalue weighted by molar-refractivity contribution is 7.19. The van der Waals surface area contributed by atoms with Gasteiger partial charge in [0.1, 0.15) is 0 Å². The van der Waals surface area contributed by atoms with Crippen LogP contribution < -0.4 is 9.47 Å². The summed E-state index contributed by atoms with van der Waals surface area (Å²) in [6.45, 7) is 0. The number of carboxylic acid groups (broad SMARTS) is 1. The molecule has 0 radical (unpaired) electrons. The lowest BCUT2D eigenvalue weighted by Crippen LogP contribution is -2.00. The summed E-state index contributed by atoms with van der Waals surface area (Å²) in [7, 11) is 2.76. The van der Waals surface area contributed by atoms with Gasteiger partial charge in [-0.25, -0.2) is 4.39 Å². The van der Waals surface area contributed by atoms with Crippen LogP contribution >= 0.6 is 11.3 Å². The van der Waals surface area contributed by atoms with E-state index >= 15 is 0 Å². The predicted octanol–water partition coefficient (Wildman–Crippen LogP) is 2.96. The van der Waals surface area contributed by atoms with E-state index in [9.17, 15) is 14.3 Å². The van der Waals surface area contributed by atoms with Gasteiger partial charge >= 0.3 is 5.97 Å². The Hall–Kier alpha value is -1.86. The van der Waals surface area contributed by atoms with Gasteiger partial charge < -0.3 is 19.7 Å². The maximum absolute atomic E-state index is 14.3. The number of rotatable bonds is 6. The minimum atomic E-state index is -0.982. The van der Waals surface area contributed by atoms with Gasteiger partial charge in [0, 0.05) is 27.5 Å². The molecule has 0 saturated carbocycles. The Labute approximate surface area is 124 Å². The average molecular weight is 314 g/mol. The molecular formula is C14H15FO5S. The number of hydrogen-bond donors (Lipinski definition) is 2. The van der Waals surface area contributed by atoms with Crippen LogP contribution in [0.5, 0.6) is 11.5 Å². The van der Waals surface area contributed by atoms with Gasteiger partial charge in [-0.1, -0.05) is 0 Å². The maximum Gasteiger partial charge on any atom is 0.303 e. The van der Waals surface area contributed by atoms with Gasteiger partial charge in [0.05, 0.1) is 20.3 Å². The van der Waals surface area contributed by atoms with Crippen LogP contribution in [-0.2, 0) is 4.79 Å². The van der Waals surface area contributed by atoms with Gasteiger partial charge in [-0.2, -0.15) is 0 Å². The number of aliphatic carboxylic acids is 1. The number of methoxy groups -OCH3 is 2. The Morgan fingerprint density at radius 3 is 2.67 bits per heavy atom. The number of carbonyl (C=O) groups is 1. The zero-order valence-electron chi connectivity index (χ0n) is 11.6. The number of halogens is 1.